The third-order valence-corrected chi connectivity index (χ3v) is 4.55. The molecule has 1 aliphatic rings. The number of rotatable bonds is 3. The molecule has 2 aromatic heterocycles. The van der Waals surface area contributed by atoms with Crippen molar-refractivity contribution in [1.82, 2.24) is 20.1 Å². The topological polar surface area (TPSA) is 81.1 Å². The maximum atomic E-state index is 13.5. The summed E-state index contributed by atoms with van der Waals surface area (Å²) in [6.45, 7) is 2.45. The highest BCUT2D eigenvalue weighted by molar-refractivity contribution is 5.89. The molecule has 7 nitrogen and oxygen atoms in total. The number of aromatic nitrogens is 3. The maximum Gasteiger partial charge on any atom is 0.320 e. The first-order chi connectivity index (χ1) is 13.6. The van der Waals surface area contributed by atoms with Crippen molar-refractivity contribution >= 4 is 11.8 Å². The van der Waals surface area contributed by atoms with Gasteiger partial charge in [0, 0.05) is 23.9 Å². The zero-order chi connectivity index (χ0) is 19.5. The number of halogens is 1. The molecule has 0 saturated carbocycles. The van der Waals surface area contributed by atoms with Crippen molar-refractivity contribution < 1.29 is 13.9 Å². The molecule has 2 amide bonds. The predicted molar refractivity (Wildman–Crippen MR) is 102 cm³/mol. The molecule has 0 aliphatic carbocycles. The fourth-order valence-corrected chi connectivity index (χ4v) is 3.22. The van der Waals surface area contributed by atoms with Crippen molar-refractivity contribution in [2.45, 2.75) is 25.8 Å². The Morgan fingerprint density at radius 2 is 2.14 bits per heavy atom. The molecule has 144 valence electrons. The van der Waals surface area contributed by atoms with Crippen molar-refractivity contribution in [3.8, 4) is 11.6 Å². The van der Waals surface area contributed by atoms with Gasteiger partial charge in [0.15, 0.2) is 5.82 Å². The number of benzene rings is 1. The van der Waals surface area contributed by atoms with Gasteiger partial charge in [-0.1, -0.05) is 6.07 Å². The Balaban J connectivity index is 1.51. The third-order valence-electron chi connectivity index (χ3n) is 4.55. The summed E-state index contributed by atoms with van der Waals surface area (Å²) in [6, 6.07) is 9.20. The van der Waals surface area contributed by atoms with Crippen LogP contribution in [0, 0.1) is 12.7 Å². The van der Waals surface area contributed by atoms with Crippen LogP contribution in [0.5, 0.6) is 5.75 Å². The summed E-state index contributed by atoms with van der Waals surface area (Å²) in [5.41, 5.74) is 1.81. The van der Waals surface area contributed by atoms with E-state index in [1.807, 2.05) is 19.1 Å². The maximum absolute atomic E-state index is 13.5. The smallest absolute Gasteiger partial charge is 0.320 e. The van der Waals surface area contributed by atoms with E-state index in [9.17, 15) is 9.18 Å². The van der Waals surface area contributed by atoms with E-state index in [0.29, 0.717) is 30.4 Å². The molecular weight excluding hydrogens is 361 g/mol. The fourth-order valence-electron chi connectivity index (χ4n) is 3.22. The average molecular weight is 381 g/mol. The monoisotopic (exact) mass is 381 g/mol. The van der Waals surface area contributed by atoms with Crippen molar-refractivity contribution in [1.29, 1.82) is 0 Å². The van der Waals surface area contributed by atoms with Crippen molar-refractivity contribution in [3.05, 3.63) is 65.7 Å². The normalized spacial score (nSPS) is 15.9. The fraction of sp³-hybridized carbons (Fsp3) is 0.250. The number of anilines is 1. The predicted octanol–water partition coefficient (Wildman–Crippen LogP) is 3.75. The molecule has 2 N–H and O–H groups in total. The van der Waals surface area contributed by atoms with E-state index in [2.05, 4.69) is 20.7 Å². The molecule has 1 aliphatic heterocycles. The lowest BCUT2D eigenvalue weighted by atomic mass is 10.0. The number of nitrogens with zero attached hydrogens (tertiary/aromatic N) is 3. The summed E-state index contributed by atoms with van der Waals surface area (Å²) in [4.78, 5) is 16.9. The van der Waals surface area contributed by atoms with Gasteiger partial charge in [0.25, 0.3) is 0 Å². The lowest BCUT2D eigenvalue weighted by molar-refractivity contribution is 0.247. The number of carbonyl (C=O) groups excluding carboxylic acids is 1. The van der Waals surface area contributed by atoms with E-state index in [1.54, 1.807) is 29.2 Å². The number of ether oxygens (including phenoxy) is 1. The van der Waals surface area contributed by atoms with E-state index in [0.717, 1.165) is 17.5 Å². The highest BCUT2D eigenvalue weighted by atomic mass is 19.1. The Bertz CT molecular complexity index is 1000. The molecule has 0 saturated heterocycles. The van der Waals surface area contributed by atoms with Crippen LogP contribution in [0.25, 0.3) is 5.82 Å². The van der Waals surface area contributed by atoms with Crippen LogP contribution in [-0.2, 0) is 0 Å². The lowest BCUT2D eigenvalue weighted by Crippen LogP contribution is -2.33. The SMILES string of the molecule is Cc1ccnc(-n2nccc2NC(=O)N[C@H]2CCCOc3cc(F)ccc32)c1. The first-order valence-electron chi connectivity index (χ1n) is 9.07. The molecule has 28 heavy (non-hydrogen) atoms. The number of hydrogen-bond donors (Lipinski definition) is 2. The van der Waals surface area contributed by atoms with Crippen molar-refractivity contribution in [2.75, 3.05) is 11.9 Å². The summed E-state index contributed by atoms with van der Waals surface area (Å²) >= 11 is 0. The van der Waals surface area contributed by atoms with Gasteiger partial charge in [-0.15, -0.1) is 0 Å². The molecular formula is C20H20FN5O2. The first-order valence-corrected chi connectivity index (χ1v) is 9.07. The molecule has 0 spiro atoms. The van der Waals surface area contributed by atoms with Gasteiger partial charge in [-0.3, -0.25) is 5.32 Å². The summed E-state index contributed by atoms with van der Waals surface area (Å²) in [5, 5.41) is 10.0. The zero-order valence-corrected chi connectivity index (χ0v) is 15.4. The van der Waals surface area contributed by atoms with E-state index in [-0.39, 0.29) is 17.9 Å². The number of urea groups is 1. The Labute approximate surface area is 161 Å². The summed E-state index contributed by atoms with van der Waals surface area (Å²) in [5.74, 6) is 1.22. The largest absolute Gasteiger partial charge is 0.493 e. The second kappa shape index (κ2) is 7.67. The molecule has 0 fully saturated rings. The van der Waals surface area contributed by atoms with Gasteiger partial charge in [0.1, 0.15) is 17.4 Å². The van der Waals surface area contributed by atoms with Gasteiger partial charge < -0.3 is 10.1 Å². The van der Waals surface area contributed by atoms with Crippen molar-refractivity contribution in [3.63, 3.8) is 0 Å². The minimum absolute atomic E-state index is 0.272. The Kier molecular flexibility index (Phi) is 4.92. The number of amides is 2. The van der Waals surface area contributed by atoms with Crippen molar-refractivity contribution in [2.24, 2.45) is 0 Å². The number of fused-ring (bicyclic) bond motifs is 1. The minimum atomic E-state index is -0.378. The van der Waals surface area contributed by atoms with Crippen LogP contribution in [0.3, 0.4) is 0 Å². The molecule has 8 heteroatoms. The Morgan fingerprint density at radius 3 is 3.00 bits per heavy atom. The van der Waals surface area contributed by atoms with E-state index in [4.69, 9.17) is 4.74 Å². The Hall–Kier alpha value is -3.42. The second-order valence-electron chi connectivity index (χ2n) is 6.64. The quantitative estimate of drug-likeness (QED) is 0.724. The number of pyridine rings is 1. The number of hydrogen-bond acceptors (Lipinski definition) is 4. The number of carbonyl (C=O) groups is 1. The van der Waals surface area contributed by atoms with E-state index in [1.165, 1.54) is 12.1 Å². The standard InChI is InChI=1S/C20H20FN5O2/c1-13-6-8-22-19(11-13)26-18(7-9-23-26)25-20(27)24-16-3-2-10-28-17-12-14(21)4-5-15(16)17/h4-9,11-12,16H,2-3,10H2,1H3,(H2,24,25,27)/t16-/m0/s1. The van der Waals surface area contributed by atoms with Gasteiger partial charge >= 0.3 is 6.03 Å². The molecule has 0 bridgehead atoms. The molecule has 3 aromatic rings. The highest BCUT2D eigenvalue weighted by Crippen LogP contribution is 2.32. The van der Waals surface area contributed by atoms with E-state index >= 15 is 0 Å². The van der Waals surface area contributed by atoms with Crippen LogP contribution in [0.1, 0.15) is 30.0 Å². The summed E-state index contributed by atoms with van der Waals surface area (Å²) in [7, 11) is 0. The van der Waals surface area contributed by atoms with Crippen LogP contribution in [0.15, 0.2) is 48.8 Å². The van der Waals surface area contributed by atoms with Gasteiger partial charge in [-0.05, 0) is 43.5 Å². The second-order valence-corrected chi connectivity index (χ2v) is 6.64. The molecule has 1 aromatic carbocycles. The van der Waals surface area contributed by atoms with Crippen LogP contribution < -0.4 is 15.4 Å². The first kappa shape index (κ1) is 18.0. The van der Waals surface area contributed by atoms with E-state index < -0.39 is 0 Å². The van der Waals surface area contributed by atoms with Crippen LogP contribution in [-0.4, -0.2) is 27.4 Å². The number of aryl methyl sites for hydroxylation is 1. The van der Waals surface area contributed by atoms with Gasteiger partial charge in [-0.25, -0.2) is 14.2 Å². The molecule has 0 radical (unpaired) electrons. The van der Waals surface area contributed by atoms with Crippen LogP contribution >= 0.6 is 0 Å². The van der Waals surface area contributed by atoms with Crippen LogP contribution in [0.4, 0.5) is 15.0 Å². The van der Waals surface area contributed by atoms with Gasteiger partial charge in [0.2, 0.25) is 0 Å². The molecule has 1 atom stereocenters. The van der Waals surface area contributed by atoms with Crippen LogP contribution in [0.2, 0.25) is 0 Å². The third kappa shape index (κ3) is 3.80. The zero-order valence-electron chi connectivity index (χ0n) is 15.4. The minimum Gasteiger partial charge on any atom is -0.493 e. The average Bonchev–Trinajstić information content (AvgIpc) is 3.03. The van der Waals surface area contributed by atoms with Gasteiger partial charge in [0.05, 0.1) is 18.8 Å². The summed E-state index contributed by atoms with van der Waals surface area (Å²) in [6.07, 6.45) is 4.74. The molecule has 3 heterocycles. The Morgan fingerprint density at radius 1 is 1.25 bits per heavy atom. The molecule has 0 unspecified atom stereocenters. The highest BCUT2D eigenvalue weighted by Gasteiger charge is 2.22. The molecule has 4 rings (SSSR count). The lowest BCUT2D eigenvalue weighted by Gasteiger charge is -2.19. The van der Waals surface area contributed by atoms with Gasteiger partial charge in [-0.2, -0.15) is 9.78 Å². The summed E-state index contributed by atoms with van der Waals surface area (Å²) < 4.78 is 20.7. The number of nitrogens with one attached hydrogen (secondary N) is 2.